The summed E-state index contributed by atoms with van der Waals surface area (Å²) in [7, 11) is 0. The van der Waals surface area contributed by atoms with E-state index in [4.69, 9.17) is 9.47 Å². The van der Waals surface area contributed by atoms with Crippen molar-refractivity contribution in [1.82, 2.24) is 0 Å². The van der Waals surface area contributed by atoms with Gasteiger partial charge in [-0.3, -0.25) is 4.79 Å². The highest BCUT2D eigenvalue weighted by atomic mass is 19.1. The first kappa shape index (κ1) is 10.1. The molecule has 1 saturated heterocycles. The van der Waals surface area contributed by atoms with Gasteiger partial charge in [0.2, 0.25) is 0 Å². The Bertz CT molecular complexity index is 385. The SMILES string of the molecule is CC(=O)c1cc(F)ccc1OCC1CO1. The number of carbonyl (C=O) groups is 1. The third kappa shape index (κ3) is 2.53. The molecule has 4 heteroatoms. The number of rotatable bonds is 4. The molecule has 0 saturated carbocycles. The van der Waals surface area contributed by atoms with Crippen molar-refractivity contribution in [2.75, 3.05) is 13.2 Å². The van der Waals surface area contributed by atoms with E-state index < -0.39 is 5.82 Å². The van der Waals surface area contributed by atoms with Crippen LogP contribution < -0.4 is 4.74 Å². The van der Waals surface area contributed by atoms with Gasteiger partial charge in [-0.05, 0) is 25.1 Å². The lowest BCUT2D eigenvalue weighted by molar-refractivity contribution is 0.101. The van der Waals surface area contributed by atoms with Gasteiger partial charge in [-0.2, -0.15) is 0 Å². The van der Waals surface area contributed by atoms with E-state index in [2.05, 4.69) is 0 Å². The first-order valence-corrected chi connectivity index (χ1v) is 4.71. The molecule has 1 unspecified atom stereocenters. The Kier molecular flexibility index (Phi) is 2.68. The molecule has 1 atom stereocenters. The largest absolute Gasteiger partial charge is 0.490 e. The molecule has 0 radical (unpaired) electrons. The predicted octanol–water partition coefficient (Wildman–Crippen LogP) is 1.81. The lowest BCUT2D eigenvalue weighted by atomic mass is 10.1. The van der Waals surface area contributed by atoms with Gasteiger partial charge in [0.05, 0.1) is 12.2 Å². The second-order valence-electron chi connectivity index (χ2n) is 3.46. The second-order valence-corrected chi connectivity index (χ2v) is 3.46. The van der Waals surface area contributed by atoms with E-state index in [-0.39, 0.29) is 17.5 Å². The Hall–Kier alpha value is -1.42. The number of epoxide rings is 1. The van der Waals surface area contributed by atoms with Crippen molar-refractivity contribution in [3.63, 3.8) is 0 Å². The third-order valence-corrected chi connectivity index (χ3v) is 2.15. The molecule has 1 aromatic carbocycles. The number of ketones is 1. The zero-order valence-electron chi connectivity index (χ0n) is 8.33. The van der Waals surface area contributed by atoms with Gasteiger partial charge in [-0.1, -0.05) is 0 Å². The van der Waals surface area contributed by atoms with Crippen LogP contribution in [0.2, 0.25) is 0 Å². The van der Waals surface area contributed by atoms with E-state index in [1.165, 1.54) is 25.1 Å². The van der Waals surface area contributed by atoms with Crippen molar-refractivity contribution in [1.29, 1.82) is 0 Å². The minimum absolute atomic E-state index is 0.120. The van der Waals surface area contributed by atoms with E-state index in [1.54, 1.807) is 0 Å². The molecule has 3 nitrogen and oxygen atoms in total. The van der Waals surface area contributed by atoms with Crippen molar-refractivity contribution < 1.29 is 18.7 Å². The Morgan fingerprint density at radius 1 is 1.67 bits per heavy atom. The van der Waals surface area contributed by atoms with Crippen LogP contribution in [0.3, 0.4) is 0 Å². The summed E-state index contributed by atoms with van der Waals surface area (Å²) in [5, 5.41) is 0. The van der Waals surface area contributed by atoms with E-state index >= 15 is 0 Å². The maximum atomic E-state index is 12.9. The average Bonchev–Trinajstić information content (AvgIpc) is 2.99. The zero-order valence-corrected chi connectivity index (χ0v) is 8.33. The van der Waals surface area contributed by atoms with Crippen molar-refractivity contribution in [3.05, 3.63) is 29.6 Å². The van der Waals surface area contributed by atoms with Crippen LogP contribution >= 0.6 is 0 Å². The van der Waals surface area contributed by atoms with Gasteiger partial charge in [0.1, 0.15) is 24.3 Å². The van der Waals surface area contributed by atoms with Crippen LogP contribution in [0.4, 0.5) is 4.39 Å². The van der Waals surface area contributed by atoms with Crippen molar-refractivity contribution in [2.24, 2.45) is 0 Å². The van der Waals surface area contributed by atoms with Crippen LogP contribution in [-0.2, 0) is 4.74 Å². The number of hydrogen-bond acceptors (Lipinski definition) is 3. The Morgan fingerprint density at radius 3 is 3.00 bits per heavy atom. The number of benzene rings is 1. The summed E-state index contributed by atoms with van der Waals surface area (Å²) >= 11 is 0. The summed E-state index contributed by atoms with van der Waals surface area (Å²) in [5.41, 5.74) is 0.274. The summed E-state index contributed by atoms with van der Waals surface area (Å²) in [6, 6.07) is 3.93. The third-order valence-electron chi connectivity index (χ3n) is 2.15. The van der Waals surface area contributed by atoms with Crippen LogP contribution in [0.25, 0.3) is 0 Å². The highest BCUT2D eigenvalue weighted by Gasteiger charge is 2.23. The highest BCUT2D eigenvalue weighted by molar-refractivity contribution is 5.96. The zero-order chi connectivity index (χ0) is 10.8. The maximum absolute atomic E-state index is 12.9. The van der Waals surface area contributed by atoms with Gasteiger partial charge in [-0.15, -0.1) is 0 Å². The van der Waals surface area contributed by atoms with Crippen molar-refractivity contribution in [3.8, 4) is 5.75 Å². The number of halogens is 1. The average molecular weight is 210 g/mol. The fourth-order valence-corrected chi connectivity index (χ4v) is 1.25. The predicted molar refractivity (Wildman–Crippen MR) is 51.6 cm³/mol. The monoisotopic (exact) mass is 210 g/mol. The summed E-state index contributed by atoms with van der Waals surface area (Å²) < 4.78 is 23.2. The van der Waals surface area contributed by atoms with Gasteiger partial charge >= 0.3 is 0 Å². The minimum Gasteiger partial charge on any atom is -0.490 e. The van der Waals surface area contributed by atoms with Crippen molar-refractivity contribution in [2.45, 2.75) is 13.0 Å². The molecule has 2 rings (SSSR count). The normalized spacial score (nSPS) is 18.7. The molecule has 0 amide bonds. The summed E-state index contributed by atoms with van der Waals surface area (Å²) in [4.78, 5) is 11.2. The summed E-state index contributed by atoms with van der Waals surface area (Å²) in [6.07, 6.45) is 0.120. The van der Waals surface area contributed by atoms with E-state index in [0.717, 1.165) is 0 Å². The van der Waals surface area contributed by atoms with E-state index in [9.17, 15) is 9.18 Å². The molecule has 1 heterocycles. The molecular weight excluding hydrogens is 199 g/mol. The molecular formula is C11H11FO3. The molecule has 0 aliphatic carbocycles. The number of carbonyl (C=O) groups excluding carboxylic acids is 1. The Morgan fingerprint density at radius 2 is 2.40 bits per heavy atom. The molecule has 0 N–H and O–H groups in total. The Balaban J connectivity index is 2.15. The summed E-state index contributed by atoms with van der Waals surface area (Å²) in [6.45, 7) is 2.48. The highest BCUT2D eigenvalue weighted by Crippen LogP contribution is 2.21. The van der Waals surface area contributed by atoms with Gasteiger partial charge in [0, 0.05) is 0 Å². The minimum atomic E-state index is -0.435. The number of ether oxygens (including phenoxy) is 2. The second kappa shape index (κ2) is 3.98. The van der Waals surface area contributed by atoms with Crippen LogP contribution in [0.1, 0.15) is 17.3 Å². The van der Waals surface area contributed by atoms with E-state index in [1.807, 2.05) is 0 Å². The van der Waals surface area contributed by atoms with Crippen LogP contribution in [0.15, 0.2) is 18.2 Å². The first-order valence-electron chi connectivity index (χ1n) is 4.71. The van der Waals surface area contributed by atoms with E-state index in [0.29, 0.717) is 19.0 Å². The van der Waals surface area contributed by atoms with Crippen LogP contribution in [0, 0.1) is 5.82 Å². The molecule has 0 aromatic heterocycles. The molecule has 0 spiro atoms. The number of hydrogen-bond donors (Lipinski definition) is 0. The lowest BCUT2D eigenvalue weighted by Crippen LogP contribution is -2.07. The topological polar surface area (TPSA) is 38.8 Å². The molecule has 0 bridgehead atoms. The first-order chi connectivity index (χ1) is 7.16. The van der Waals surface area contributed by atoms with Gasteiger partial charge in [-0.25, -0.2) is 4.39 Å². The maximum Gasteiger partial charge on any atom is 0.163 e. The molecule has 1 fully saturated rings. The molecule has 80 valence electrons. The van der Waals surface area contributed by atoms with Gasteiger partial charge < -0.3 is 9.47 Å². The molecule has 1 aliphatic heterocycles. The van der Waals surface area contributed by atoms with Crippen LogP contribution in [-0.4, -0.2) is 25.1 Å². The molecule has 1 aromatic rings. The summed E-state index contributed by atoms with van der Waals surface area (Å²) in [5.74, 6) is -0.226. The van der Waals surface area contributed by atoms with Crippen LogP contribution in [0.5, 0.6) is 5.75 Å². The molecule has 1 aliphatic rings. The standard InChI is InChI=1S/C11H11FO3/c1-7(13)10-4-8(12)2-3-11(10)15-6-9-5-14-9/h2-4,9H,5-6H2,1H3. The Labute approximate surface area is 86.8 Å². The lowest BCUT2D eigenvalue weighted by Gasteiger charge is -2.08. The smallest absolute Gasteiger partial charge is 0.163 e. The fourth-order valence-electron chi connectivity index (χ4n) is 1.25. The van der Waals surface area contributed by atoms with Gasteiger partial charge in [0.15, 0.2) is 5.78 Å². The number of Topliss-reactive ketones (excluding diaryl/α,β-unsaturated/α-hetero) is 1. The van der Waals surface area contributed by atoms with Crippen molar-refractivity contribution >= 4 is 5.78 Å². The fraction of sp³-hybridized carbons (Fsp3) is 0.364. The quantitative estimate of drug-likeness (QED) is 0.562. The van der Waals surface area contributed by atoms with Gasteiger partial charge in [0.25, 0.3) is 0 Å². The molecule has 15 heavy (non-hydrogen) atoms.